The number of nitrogens with zero attached hydrogens (tertiary/aromatic N) is 1. The number of benzene rings is 2. The summed E-state index contributed by atoms with van der Waals surface area (Å²) >= 11 is 12.4. The Morgan fingerprint density at radius 1 is 1.10 bits per heavy atom. The summed E-state index contributed by atoms with van der Waals surface area (Å²) in [5, 5.41) is -0.0490. The number of ether oxygens (including phenoxy) is 1. The normalized spacial score (nSPS) is 15.2. The van der Waals surface area contributed by atoms with Gasteiger partial charge in [0.2, 0.25) is 0 Å². The van der Waals surface area contributed by atoms with E-state index in [1.165, 1.54) is 67.0 Å². The van der Waals surface area contributed by atoms with Gasteiger partial charge >= 0.3 is 0 Å². The summed E-state index contributed by atoms with van der Waals surface area (Å²) in [6, 6.07) is 11.8. The van der Waals surface area contributed by atoms with E-state index in [1.807, 2.05) is 24.3 Å². The number of halogens is 2. The zero-order valence-electron chi connectivity index (χ0n) is 17.4. The number of hydrogen-bond acceptors (Lipinski definition) is 4. The SMILES string of the molecule is CCCCCCCCOc1ccc(/C=C2\SC(=S)N(c3ccc(F)c(Cl)c3)C2=O)cc1. The molecule has 0 saturated carbocycles. The Kier molecular flexibility index (Phi) is 8.93. The van der Waals surface area contributed by atoms with E-state index in [2.05, 4.69) is 6.92 Å². The third kappa shape index (κ3) is 6.55. The average Bonchev–Trinajstić information content (AvgIpc) is 3.03. The van der Waals surface area contributed by atoms with Crippen LogP contribution in [0.15, 0.2) is 47.4 Å². The standard InChI is InChI=1S/C24H25ClFNO2S2/c1-2-3-4-5-6-7-14-29-19-11-8-17(9-12-19)15-22-23(28)27(24(30)31-22)18-10-13-21(26)20(25)16-18/h8-13,15-16H,2-7,14H2,1H3/b22-15-. The first-order valence-electron chi connectivity index (χ1n) is 10.5. The molecule has 0 N–H and O–H groups in total. The molecule has 2 aromatic carbocycles. The molecule has 1 fully saturated rings. The van der Waals surface area contributed by atoms with Gasteiger partial charge in [-0.2, -0.15) is 0 Å². The van der Waals surface area contributed by atoms with Crippen molar-refractivity contribution in [2.24, 2.45) is 0 Å². The smallest absolute Gasteiger partial charge is 0.270 e. The highest BCUT2D eigenvalue weighted by Crippen LogP contribution is 2.37. The predicted octanol–water partition coefficient (Wildman–Crippen LogP) is 7.62. The van der Waals surface area contributed by atoms with Gasteiger partial charge in [0.15, 0.2) is 4.32 Å². The van der Waals surface area contributed by atoms with Crippen molar-refractivity contribution in [3.63, 3.8) is 0 Å². The molecule has 1 aliphatic rings. The van der Waals surface area contributed by atoms with Gasteiger partial charge in [0.25, 0.3) is 5.91 Å². The molecule has 1 aliphatic heterocycles. The summed E-state index contributed by atoms with van der Waals surface area (Å²) in [6.07, 6.45) is 9.17. The van der Waals surface area contributed by atoms with Gasteiger partial charge < -0.3 is 4.74 Å². The fourth-order valence-electron chi connectivity index (χ4n) is 3.20. The summed E-state index contributed by atoms with van der Waals surface area (Å²) in [5.74, 6) is 0.0329. The topological polar surface area (TPSA) is 29.5 Å². The van der Waals surface area contributed by atoms with E-state index >= 15 is 0 Å². The van der Waals surface area contributed by atoms with Crippen LogP contribution in [0.3, 0.4) is 0 Å². The van der Waals surface area contributed by atoms with Crippen molar-refractivity contribution in [2.75, 3.05) is 11.5 Å². The minimum Gasteiger partial charge on any atom is -0.494 e. The molecule has 0 aromatic heterocycles. The summed E-state index contributed by atoms with van der Waals surface area (Å²) in [4.78, 5) is 14.7. The van der Waals surface area contributed by atoms with Crippen LogP contribution in [-0.2, 0) is 4.79 Å². The summed E-state index contributed by atoms with van der Waals surface area (Å²) in [5.41, 5.74) is 1.33. The van der Waals surface area contributed by atoms with Crippen molar-refractivity contribution in [3.8, 4) is 5.75 Å². The van der Waals surface area contributed by atoms with Crippen LogP contribution in [0.1, 0.15) is 51.0 Å². The Labute approximate surface area is 197 Å². The molecule has 7 heteroatoms. The van der Waals surface area contributed by atoms with Gasteiger partial charge in [-0.15, -0.1) is 0 Å². The van der Waals surface area contributed by atoms with Gasteiger partial charge in [0, 0.05) is 0 Å². The number of rotatable bonds is 10. The van der Waals surface area contributed by atoms with E-state index in [-0.39, 0.29) is 10.9 Å². The number of carbonyl (C=O) groups is 1. The van der Waals surface area contributed by atoms with E-state index in [0.29, 0.717) is 21.5 Å². The Hall–Kier alpha value is -1.89. The van der Waals surface area contributed by atoms with Crippen molar-refractivity contribution in [1.82, 2.24) is 0 Å². The van der Waals surface area contributed by atoms with Crippen LogP contribution in [0.4, 0.5) is 10.1 Å². The molecular formula is C24H25ClFNO2S2. The summed E-state index contributed by atoms with van der Waals surface area (Å²) in [6.45, 7) is 2.93. The monoisotopic (exact) mass is 477 g/mol. The second kappa shape index (κ2) is 11.7. The maximum Gasteiger partial charge on any atom is 0.270 e. The molecule has 0 unspecified atom stereocenters. The molecule has 1 heterocycles. The molecular weight excluding hydrogens is 453 g/mol. The van der Waals surface area contributed by atoms with Crippen molar-refractivity contribution < 1.29 is 13.9 Å². The molecule has 0 radical (unpaired) electrons. The predicted molar refractivity (Wildman–Crippen MR) is 132 cm³/mol. The lowest BCUT2D eigenvalue weighted by atomic mass is 10.1. The lowest BCUT2D eigenvalue weighted by Gasteiger charge is -2.14. The Morgan fingerprint density at radius 2 is 1.81 bits per heavy atom. The molecule has 1 amide bonds. The molecule has 0 spiro atoms. The number of hydrogen-bond donors (Lipinski definition) is 0. The zero-order valence-corrected chi connectivity index (χ0v) is 19.8. The van der Waals surface area contributed by atoms with Gasteiger partial charge in [-0.1, -0.05) is 86.7 Å². The zero-order chi connectivity index (χ0) is 22.2. The minimum atomic E-state index is -0.537. The third-order valence-corrected chi connectivity index (χ3v) is 6.49. The van der Waals surface area contributed by atoms with Crippen LogP contribution in [0, 0.1) is 5.82 Å². The van der Waals surface area contributed by atoms with Crippen molar-refractivity contribution >= 4 is 57.6 Å². The molecule has 3 nitrogen and oxygen atoms in total. The molecule has 0 atom stereocenters. The molecule has 3 rings (SSSR count). The molecule has 31 heavy (non-hydrogen) atoms. The average molecular weight is 478 g/mol. The van der Waals surface area contributed by atoms with Gasteiger partial charge in [-0.05, 0) is 48.4 Å². The first-order chi connectivity index (χ1) is 15.0. The fourth-order valence-corrected chi connectivity index (χ4v) is 4.67. The summed E-state index contributed by atoms with van der Waals surface area (Å²) < 4.78 is 19.6. The number of amides is 1. The van der Waals surface area contributed by atoms with Crippen LogP contribution >= 0.6 is 35.6 Å². The third-order valence-electron chi connectivity index (χ3n) is 4.90. The molecule has 1 saturated heterocycles. The van der Waals surface area contributed by atoms with E-state index < -0.39 is 5.82 Å². The second-order valence-electron chi connectivity index (χ2n) is 7.30. The largest absolute Gasteiger partial charge is 0.494 e. The summed E-state index contributed by atoms with van der Waals surface area (Å²) in [7, 11) is 0. The van der Waals surface area contributed by atoms with E-state index in [1.54, 1.807) is 6.08 Å². The van der Waals surface area contributed by atoms with Gasteiger partial charge in [-0.25, -0.2) is 4.39 Å². The van der Waals surface area contributed by atoms with Gasteiger partial charge in [0.1, 0.15) is 11.6 Å². The maximum atomic E-state index is 13.4. The lowest BCUT2D eigenvalue weighted by Crippen LogP contribution is -2.27. The van der Waals surface area contributed by atoms with Gasteiger partial charge in [0.05, 0.1) is 22.2 Å². The van der Waals surface area contributed by atoms with E-state index in [9.17, 15) is 9.18 Å². The Bertz CT molecular complexity index is 963. The van der Waals surface area contributed by atoms with E-state index in [4.69, 9.17) is 28.6 Å². The Balaban J connectivity index is 1.57. The number of thiocarbonyl (C=S) groups is 1. The van der Waals surface area contributed by atoms with E-state index in [0.717, 1.165) is 17.7 Å². The highest BCUT2D eigenvalue weighted by atomic mass is 35.5. The van der Waals surface area contributed by atoms with Crippen molar-refractivity contribution in [1.29, 1.82) is 0 Å². The maximum absolute atomic E-state index is 13.4. The lowest BCUT2D eigenvalue weighted by molar-refractivity contribution is -0.113. The van der Waals surface area contributed by atoms with Crippen LogP contribution < -0.4 is 9.64 Å². The van der Waals surface area contributed by atoms with Crippen molar-refractivity contribution in [2.45, 2.75) is 45.4 Å². The Morgan fingerprint density at radius 3 is 2.52 bits per heavy atom. The minimum absolute atomic E-state index is 0.0490. The fraction of sp³-hybridized carbons (Fsp3) is 0.333. The molecule has 0 aliphatic carbocycles. The highest BCUT2D eigenvalue weighted by Gasteiger charge is 2.33. The van der Waals surface area contributed by atoms with Crippen molar-refractivity contribution in [3.05, 3.63) is 63.8 Å². The first kappa shape index (κ1) is 23.8. The number of anilines is 1. The first-order valence-corrected chi connectivity index (χ1v) is 12.1. The quantitative estimate of drug-likeness (QED) is 0.200. The van der Waals surface area contributed by atoms with Crippen LogP contribution in [0.2, 0.25) is 5.02 Å². The number of unbranched alkanes of at least 4 members (excludes halogenated alkanes) is 5. The van der Waals surface area contributed by atoms with Crippen LogP contribution in [0.5, 0.6) is 5.75 Å². The van der Waals surface area contributed by atoms with Crippen LogP contribution in [0.25, 0.3) is 6.08 Å². The molecule has 164 valence electrons. The highest BCUT2D eigenvalue weighted by molar-refractivity contribution is 8.27. The second-order valence-corrected chi connectivity index (χ2v) is 9.38. The molecule has 0 bridgehead atoms. The van der Waals surface area contributed by atoms with Crippen LogP contribution in [-0.4, -0.2) is 16.8 Å². The number of carbonyl (C=O) groups excluding carboxylic acids is 1. The molecule has 2 aromatic rings. The van der Waals surface area contributed by atoms with Gasteiger partial charge in [-0.3, -0.25) is 9.69 Å². The number of thioether (sulfide) groups is 1.